The maximum Gasteiger partial charge on any atom is 0.323 e. The van der Waals surface area contributed by atoms with Crippen molar-refractivity contribution in [3.8, 4) is 0 Å². The SMILES string of the molecule is CO[N+](=O)c1ccc(CNC(CC(C)C)C(=O)OC2CCCC2)cc1. The molecule has 0 aromatic heterocycles. The minimum absolute atomic E-state index is 0.0836. The summed E-state index contributed by atoms with van der Waals surface area (Å²) in [7, 11) is 1.33. The molecule has 138 valence electrons. The van der Waals surface area contributed by atoms with Crippen molar-refractivity contribution in [2.75, 3.05) is 7.11 Å². The van der Waals surface area contributed by atoms with Crippen LogP contribution in [-0.4, -0.2) is 30.1 Å². The number of esters is 1. The number of ether oxygens (including phenoxy) is 1. The third-order valence-corrected chi connectivity index (χ3v) is 4.44. The van der Waals surface area contributed by atoms with Gasteiger partial charge in [-0.15, -0.1) is 0 Å². The predicted octanol–water partition coefficient (Wildman–Crippen LogP) is 3.65. The lowest BCUT2D eigenvalue weighted by Crippen LogP contribution is -2.40. The Morgan fingerprint density at radius 2 is 1.88 bits per heavy atom. The molecule has 25 heavy (non-hydrogen) atoms. The molecule has 0 heterocycles. The van der Waals surface area contributed by atoms with Gasteiger partial charge in [-0.2, -0.15) is 0 Å². The average molecular weight is 349 g/mol. The summed E-state index contributed by atoms with van der Waals surface area (Å²) in [5, 5.41) is 3.31. The molecule has 1 unspecified atom stereocenters. The number of nitrogens with zero attached hydrogens (tertiary/aromatic N) is 1. The van der Waals surface area contributed by atoms with Gasteiger partial charge in [-0.05, 0) is 43.6 Å². The second-order valence-electron chi connectivity index (χ2n) is 7.01. The van der Waals surface area contributed by atoms with Crippen LogP contribution in [0.2, 0.25) is 0 Å². The predicted molar refractivity (Wildman–Crippen MR) is 95.2 cm³/mol. The molecule has 1 N–H and O–H groups in total. The summed E-state index contributed by atoms with van der Waals surface area (Å²) < 4.78 is 5.66. The van der Waals surface area contributed by atoms with Gasteiger partial charge in [0.15, 0.2) is 7.11 Å². The maximum absolute atomic E-state index is 12.5. The molecule has 1 aliphatic carbocycles. The highest BCUT2D eigenvalue weighted by Gasteiger charge is 2.26. The number of hydrogen-bond acceptors (Lipinski definition) is 5. The first-order valence-electron chi connectivity index (χ1n) is 9.03. The number of hydrogen-bond donors (Lipinski definition) is 1. The largest absolute Gasteiger partial charge is 0.461 e. The quantitative estimate of drug-likeness (QED) is 0.544. The standard InChI is InChI=1S/C19H29N2O4/c1-14(2)12-18(19(22)25-17-6-4-5-7-17)20-13-15-8-10-16(11-9-15)21(23)24-3/h8-11,14,17-18,20H,4-7,12-13H2,1-3H3/q+1. The van der Waals surface area contributed by atoms with Crippen LogP contribution in [0, 0.1) is 10.8 Å². The van der Waals surface area contributed by atoms with Crippen LogP contribution in [0.15, 0.2) is 24.3 Å². The highest BCUT2D eigenvalue weighted by molar-refractivity contribution is 5.76. The van der Waals surface area contributed by atoms with Crippen LogP contribution in [0.1, 0.15) is 51.5 Å². The van der Waals surface area contributed by atoms with Crippen LogP contribution in [0.3, 0.4) is 0 Å². The summed E-state index contributed by atoms with van der Waals surface area (Å²) in [6, 6.07) is 6.78. The van der Waals surface area contributed by atoms with Crippen molar-refractivity contribution in [3.05, 3.63) is 34.7 Å². The van der Waals surface area contributed by atoms with Gasteiger partial charge in [0.1, 0.15) is 12.1 Å². The van der Waals surface area contributed by atoms with Gasteiger partial charge in [0.05, 0.1) is 4.91 Å². The van der Waals surface area contributed by atoms with E-state index in [1.807, 2.05) is 12.1 Å². The molecule has 0 saturated heterocycles. The molecule has 1 aromatic carbocycles. The Bertz CT molecular complexity index is 565. The Morgan fingerprint density at radius 1 is 1.24 bits per heavy atom. The van der Waals surface area contributed by atoms with Gasteiger partial charge in [-0.25, -0.2) is 4.84 Å². The van der Waals surface area contributed by atoms with E-state index in [0.29, 0.717) is 23.1 Å². The van der Waals surface area contributed by atoms with Gasteiger partial charge in [0.25, 0.3) is 4.92 Å². The van der Waals surface area contributed by atoms with Gasteiger partial charge in [0, 0.05) is 18.7 Å². The van der Waals surface area contributed by atoms with Crippen molar-refractivity contribution >= 4 is 11.7 Å². The number of benzene rings is 1. The van der Waals surface area contributed by atoms with Crippen molar-refractivity contribution in [1.82, 2.24) is 5.32 Å². The third kappa shape index (κ3) is 6.12. The fourth-order valence-electron chi connectivity index (χ4n) is 3.07. The summed E-state index contributed by atoms with van der Waals surface area (Å²) in [4.78, 5) is 28.9. The first-order chi connectivity index (χ1) is 12.0. The first-order valence-corrected chi connectivity index (χ1v) is 9.03. The minimum atomic E-state index is -0.310. The second kappa shape index (κ2) is 9.51. The summed E-state index contributed by atoms with van der Waals surface area (Å²) in [6.07, 6.45) is 5.07. The molecule has 6 nitrogen and oxygen atoms in total. The van der Waals surface area contributed by atoms with Crippen LogP contribution < -0.4 is 5.32 Å². The maximum atomic E-state index is 12.5. The van der Waals surface area contributed by atoms with Crippen molar-refractivity contribution in [2.24, 2.45) is 5.92 Å². The highest BCUT2D eigenvalue weighted by atomic mass is 16.8. The van der Waals surface area contributed by atoms with Crippen LogP contribution in [0.25, 0.3) is 0 Å². The van der Waals surface area contributed by atoms with Crippen LogP contribution in [0.5, 0.6) is 0 Å². The van der Waals surface area contributed by atoms with Crippen molar-refractivity contribution in [3.63, 3.8) is 0 Å². The fourth-order valence-corrected chi connectivity index (χ4v) is 3.07. The zero-order valence-electron chi connectivity index (χ0n) is 15.4. The smallest absolute Gasteiger partial charge is 0.323 e. The zero-order chi connectivity index (χ0) is 18.2. The first kappa shape index (κ1) is 19.4. The van der Waals surface area contributed by atoms with E-state index in [9.17, 15) is 9.70 Å². The molecular weight excluding hydrogens is 320 g/mol. The number of carbonyl (C=O) groups excluding carboxylic acids is 1. The van der Waals surface area contributed by atoms with Crippen molar-refractivity contribution in [1.29, 1.82) is 0 Å². The Balaban J connectivity index is 1.92. The summed E-state index contributed by atoms with van der Waals surface area (Å²) in [5.74, 6) is 0.245. The Hall–Kier alpha value is -1.95. The molecule has 1 aromatic rings. The van der Waals surface area contributed by atoms with E-state index in [1.54, 1.807) is 12.1 Å². The van der Waals surface area contributed by atoms with E-state index < -0.39 is 0 Å². The summed E-state index contributed by atoms with van der Waals surface area (Å²) >= 11 is 0. The molecule has 0 spiro atoms. The van der Waals surface area contributed by atoms with E-state index in [0.717, 1.165) is 37.7 Å². The Labute approximate surface area is 149 Å². The molecule has 1 atom stereocenters. The molecule has 0 bridgehead atoms. The lowest BCUT2D eigenvalue weighted by atomic mass is 10.0. The summed E-state index contributed by atoms with van der Waals surface area (Å²) in [5.41, 5.74) is 1.43. The van der Waals surface area contributed by atoms with Gasteiger partial charge in [-0.3, -0.25) is 4.79 Å². The Kier molecular flexibility index (Phi) is 7.37. The van der Waals surface area contributed by atoms with Crippen molar-refractivity contribution in [2.45, 2.75) is 64.6 Å². The molecular formula is C19H29N2O4+. The van der Waals surface area contributed by atoms with Gasteiger partial charge < -0.3 is 10.1 Å². The van der Waals surface area contributed by atoms with Crippen LogP contribution in [0.4, 0.5) is 5.69 Å². The third-order valence-electron chi connectivity index (χ3n) is 4.44. The number of nitrogens with one attached hydrogen (secondary N) is 1. The van der Waals surface area contributed by atoms with E-state index >= 15 is 0 Å². The van der Waals surface area contributed by atoms with E-state index in [2.05, 4.69) is 24.0 Å². The second-order valence-corrected chi connectivity index (χ2v) is 7.01. The highest BCUT2D eigenvalue weighted by Crippen LogP contribution is 2.22. The van der Waals surface area contributed by atoms with E-state index in [-0.39, 0.29) is 18.1 Å². The summed E-state index contributed by atoms with van der Waals surface area (Å²) in [6.45, 7) is 4.74. The monoisotopic (exact) mass is 349 g/mol. The topological polar surface area (TPSA) is 67.6 Å². The lowest BCUT2D eigenvalue weighted by Gasteiger charge is -2.21. The fraction of sp³-hybridized carbons (Fsp3) is 0.632. The molecule has 0 radical (unpaired) electrons. The Morgan fingerprint density at radius 3 is 2.44 bits per heavy atom. The molecule has 6 heteroatoms. The van der Waals surface area contributed by atoms with Gasteiger partial charge in [0.2, 0.25) is 0 Å². The number of rotatable bonds is 9. The normalized spacial score (nSPS) is 16.0. The molecule has 1 fully saturated rings. The number of carbonyl (C=O) groups is 1. The molecule has 2 rings (SSSR count). The molecule has 0 amide bonds. The van der Waals surface area contributed by atoms with Crippen LogP contribution >= 0.6 is 0 Å². The van der Waals surface area contributed by atoms with E-state index in [1.165, 1.54) is 7.11 Å². The minimum Gasteiger partial charge on any atom is -0.461 e. The van der Waals surface area contributed by atoms with Crippen molar-refractivity contribution < 1.29 is 19.3 Å². The molecule has 1 aliphatic rings. The van der Waals surface area contributed by atoms with Crippen LogP contribution in [-0.2, 0) is 20.9 Å². The molecule has 0 aliphatic heterocycles. The average Bonchev–Trinajstić information content (AvgIpc) is 3.11. The van der Waals surface area contributed by atoms with Gasteiger partial charge >= 0.3 is 11.7 Å². The van der Waals surface area contributed by atoms with E-state index in [4.69, 9.17) is 4.74 Å². The molecule has 1 saturated carbocycles. The zero-order valence-corrected chi connectivity index (χ0v) is 15.4. The van der Waals surface area contributed by atoms with Gasteiger partial charge in [-0.1, -0.05) is 26.0 Å². The lowest BCUT2D eigenvalue weighted by molar-refractivity contribution is -0.736.